The molecule has 3 heterocycles. The van der Waals surface area contributed by atoms with Crippen LogP contribution in [0.25, 0.3) is 43.3 Å². The number of aliphatic hydroxyl groups excluding tert-OH is 1. The van der Waals surface area contributed by atoms with Crippen molar-refractivity contribution < 1.29 is 14.6 Å². The van der Waals surface area contributed by atoms with Crippen LogP contribution in [-0.2, 0) is 7.05 Å². The summed E-state index contributed by atoms with van der Waals surface area (Å²) in [7, 11) is 5.16. The van der Waals surface area contributed by atoms with Gasteiger partial charge in [-0.15, -0.1) is 11.3 Å². The number of nitrogens with one attached hydrogen (secondary N) is 1. The highest BCUT2D eigenvalue weighted by Crippen LogP contribution is 2.50. The molecule has 0 radical (unpaired) electrons. The number of aliphatic hydroxyl groups is 1. The average Bonchev–Trinajstić information content (AvgIpc) is 3.52. The minimum absolute atomic E-state index is 0.0773. The Balaban J connectivity index is 1.82. The zero-order valence-corrected chi connectivity index (χ0v) is 22.2. The molecule has 0 saturated carbocycles. The van der Waals surface area contributed by atoms with Gasteiger partial charge in [-0.25, -0.2) is 15.0 Å². The highest BCUT2D eigenvalue weighted by molar-refractivity contribution is 7.22. The van der Waals surface area contributed by atoms with Gasteiger partial charge in [0.05, 0.1) is 31.0 Å². The summed E-state index contributed by atoms with van der Waals surface area (Å²) < 4.78 is 12.8. The molecule has 0 atom stereocenters. The van der Waals surface area contributed by atoms with E-state index in [4.69, 9.17) is 31.0 Å². The standard InChI is InChI=1S/C27H26ClN5O3S/c1-33-14-19(30-15-33)25-31-26(29-12-5-13-34)22-21(16-8-10-17(35-2)11-9-16)24(37-27(22)32-25)18-6-4-7-20(36-3)23(18)28/h4,6-11,14-15,34H,5,12-13H2,1-3H3,(H,29,31,32). The lowest BCUT2D eigenvalue weighted by atomic mass is 9.99. The number of hydrogen-bond donors (Lipinski definition) is 2. The predicted octanol–water partition coefficient (Wildman–Crippen LogP) is 5.89. The molecule has 2 aromatic carbocycles. The van der Waals surface area contributed by atoms with Crippen LogP contribution in [0, 0.1) is 0 Å². The van der Waals surface area contributed by atoms with Gasteiger partial charge < -0.3 is 24.5 Å². The number of hydrogen-bond acceptors (Lipinski definition) is 8. The quantitative estimate of drug-likeness (QED) is 0.227. The summed E-state index contributed by atoms with van der Waals surface area (Å²) >= 11 is 8.36. The second-order valence-corrected chi connectivity index (χ2v) is 9.74. The zero-order valence-electron chi connectivity index (χ0n) is 20.7. The number of aromatic nitrogens is 4. The third-order valence-corrected chi connectivity index (χ3v) is 7.43. The number of aryl methyl sites for hydroxylation is 1. The molecule has 5 aromatic rings. The second kappa shape index (κ2) is 10.8. The first-order valence-corrected chi connectivity index (χ1v) is 12.9. The van der Waals surface area contributed by atoms with Crippen LogP contribution < -0.4 is 14.8 Å². The predicted molar refractivity (Wildman–Crippen MR) is 149 cm³/mol. The lowest BCUT2D eigenvalue weighted by molar-refractivity contribution is 0.292. The van der Waals surface area contributed by atoms with Crippen LogP contribution in [0.5, 0.6) is 11.5 Å². The second-order valence-electron chi connectivity index (χ2n) is 8.36. The summed E-state index contributed by atoms with van der Waals surface area (Å²) in [5, 5.41) is 14.2. The topological polar surface area (TPSA) is 94.3 Å². The lowest BCUT2D eigenvalue weighted by Gasteiger charge is -2.12. The van der Waals surface area contributed by atoms with E-state index >= 15 is 0 Å². The minimum Gasteiger partial charge on any atom is -0.497 e. The van der Waals surface area contributed by atoms with Crippen molar-refractivity contribution >= 4 is 39.0 Å². The first kappa shape index (κ1) is 25.0. The highest BCUT2D eigenvalue weighted by Gasteiger charge is 2.24. The maximum absolute atomic E-state index is 9.39. The van der Waals surface area contributed by atoms with Gasteiger partial charge >= 0.3 is 0 Å². The van der Waals surface area contributed by atoms with Crippen molar-refractivity contribution in [1.82, 2.24) is 19.5 Å². The van der Waals surface area contributed by atoms with Crippen molar-refractivity contribution in [2.45, 2.75) is 6.42 Å². The van der Waals surface area contributed by atoms with Crippen LogP contribution in [0.15, 0.2) is 55.0 Å². The number of imidazole rings is 1. The highest BCUT2D eigenvalue weighted by atomic mass is 35.5. The van der Waals surface area contributed by atoms with E-state index in [1.165, 1.54) is 11.3 Å². The number of ether oxygens (including phenoxy) is 2. The SMILES string of the molecule is COc1ccc(-c2c(-c3cccc(OC)c3Cl)sc3nc(-c4cn(C)cn4)nc(NCCCO)c23)cc1. The summed E-state index contributed by atoms with van der Waals surface area (Å²) in [6.07, 6.45) is 4.19. The van der Waals surface area contributed by atoms with Crippen LogP contribution in [0.4, 0.5) is 5.82 Å². The van der Waals surface area contributed by atoms with Crippen LogP contribution in [0.2, 0.25) is 5.02 Å². The van der Waals surface area contributed by atoms with Crippen LogP contribution in [0.3, 0.4) is 0 Å². The Hall–Kier alpha value is -3.66. The van der Waals surface area contributed by atoms with Gasteiger partial charge in [0.2, 0.25) is 0 Å². The van der Waals surface area contributed by atoms with E-state index < -0.39 is 0 Å². The fourth-order valence-corrected chi connectivity index (χ4v) is 5.71. The van der Waals surface area contributed by atoms with Crippen LogP contribution in [-0.4, -0.2) is 52.0 Å². The maximum atomic E-state index is 9.39. The Morgan fingerprint density at radius 1 is 1.08 bits per heavy atom. The van der Waals surface area contributed by atoms with Crippen LogP contribution >= 0.6 is 22.9 Å². The fourth-order valence-electron chi connectivity index (χ4n) is 4.12. The van der Waals surface area contributed by atoms with E-state index in [2.05, 4.69) is 10.3 Å². The summed E-state index contributed by atoms with van der Waals surface area (Å²) in [6.45, 7) is 0.630. The number of halogens is 1. The Kier molecular flexibility index (Phi) is 7.27. The summed E-state index contributed by atoms with van der Waals surface area (Å²) in [6, 6.07) is 13.6. The van der Waals surface area contributed by atoms with E-state index in [0.29, 0.717) is 41.1 Å². The van der Waals surface area contributed by atoms with E-state index in [1.807, 2.05) is 60.3 Å². The van der Waals surface area contributed by atoms with Crippen molar-refractivity contribution in [1.29, 1.82) is 0 Å². The number of fused-ring (bicyclic) bond motifs is 1. The third kappa shape index (κ3) is 4.85. The molecule has 3 aromatic heterocycles. The molecule has 0 bridgehead atoms. The van der Waals surface area contributed by atoms with Gasteiger partial charge in [0.15, 0.2) is 5.82 Å². The molecule has 0 amide bonds. The summed E-state index contributed by atoms with van der Waals surface area (Å²) in [5.74, 6) is 2.55. The first-order chi connectivity index (χ1) is 18.0. The molecule has 0 aliphatic heterocycles. The third-order valence-electron chi connectivity index (χ3n) is 5.92. The van der Waals surface area contributed by atoms with Gasteiger partial charge in [0.25, 0.3) is 0 Å². The van der Waals surface area contributed by atoms with Gasteiger partial charge in [-0.1, -0.05) is 35.9 Å². The van der Waals surface area contributed by atoms with Gasteiger partial charge in [-0.2, -0.15) is 0 Å². The number of benzene rings is 2. The van der Waals surface area contributed by atoms with Crippen molar-refractivity contribution in [3.63, 3.8) is 0 Å². The monoisotopic (exact) mass is 535 g/mol. The summed E-state index contributed by atoms with van der Waals surface area (Å²) in [4.78, 5) is 16.0. The zero-order chi connectivity index (χ0) is 25.9. The van der Waals surface area contributed by atoms with Crippen molar-refractivity contribution in [3.05, 3.63) is 60.0 Å². The van der Waals surface area contributed by atoms with E-state index in [9.17, 15) is 5.11 Å². The molecular formula is C27H26ClN5O3S. The largest absolute Gasteiger partial charge is 0.497 e. The van der Waals surface area contributed by atoms with Gasteiger partial charge in [0.1, 0.15) is 27.8 Å². The molecule has 0 saturated heterocycles. The van der Waals surface area contributed by atoms with Gasteiger partial charge in [-0.3, -0.25) is 0 Å². The molecular weight excluding hydrogens is 510 g/mol. The Morgan fingerprint density at radius 2 is 1.89 bits per heavy atom. The van der Waals surface area contributed by atoms with E-state index in [0.717, 1.165) is 37.5 Å². The number of rotatable bonds is 9. The fraction of sp³-hybridized carbons (Fsp3) is 0.222. The first-order valence-electron chi connectivity index (χ1n) is 11.7. The molecule has 0 aliphatic rings. The molecule has 0 fully saturated rings. The molecule has 0 unspecified atom stereocenters. The molecule has 37 heavy (non-hydrogen) atoms. The molecule has 5 rings (SSSR count). The van der Waals surface area contributed by atoms with Crippen molar-refractivity contribution in [3.8, 4) is 44.6 Å². The molecule has 0 aliphatic carbocycles. The van der Waals surface area contributed by atoms with E-state index in [1.54, 1.807) is 20.5 Å². The number of methoxy groups -OCH3 is 2. The van der Waals surface area contributed by atoms with E-state index in [-0.39, 0.29) is 6.61 Å². The molecule has 190 valence electrons. The minimum atomic E-state index is 0.0773. The summed E-state index contributed by atoms with van der Waals surface area (Å²) in [5.41, 5.74) is 3.45. The molecule has 2 N–H and O–H groups in total. The lowest BCUT2D eigenvalue weighted by Crippen LogP contribution is -2.07. The number of thiophene rings is 1. The smallest absolute Gasteiger partial charge is 0.183 e. The number of anilines is 1. The molecule has 8 nitrogen and oxygen atoms in total. The normalized spacial score (nSPS) is 11.2. The Morgan fingerprint density at radius 3 is 2.57 bits per heavy atom. The molecule has 0 spiro atoms. The Bertz CT molecular complexity index is 1550. The molecule has 10 heteroatoms. The van der Waals surface area contributed by atoms with Gasteiger partial charge in [-0.05, 0) is 30.2 Å². The van der Waals surface area contributed by atoms with Crippen LogP contribution in [0.1, 0.15) is 6.42 Å². The maximum Gasteiger partial charge on any atom is 0.183 e. The Labute approximate surface area is 223 Å². The van der Waals surface area contributed by atoms with Gasteiger partial charge in [0, 0.05) is 42.4 Å². The van der Waals surface area contributed by atoms with Crippen molar-refractivity contribution in [2.75, 3.05) is 32.7 Å². The average molecular weight is 536 g/mol. The number of nitrogens with zero attached hydrogens (tertiary/aromatic N) is 4. The van der Waals surface area contributed by atoms with Crippen molar-refractivity contribution in [2.24, 2.45) is 7.05 Å².